The van der Waals surface area contributed by atoms with Crippen LogP contribution < -0.4 is 5.32 Å². The Morgan fingerprint density at radius 1 is 1.33 bits per heavy atom. The van der Waals surface area contributed by atoms with E-state index in [9.17, 15) is 9.90 Å². The number of carbonyl (C=O) groups is 1. The van der Waals surface area contributed by atoms with E-state index in [1.165, 1.54) is 24.8 Å². The number of urea groups is 1. The molecule has 0 saturated heterocycles. The second kappa shape index (κ2) is 7.88. The van der Waals surface area contributed by atoms with Crippen LogP contribution in [0.15, 0.2) is 18.2 Å². The number of nitrogens with zero attached hydrogens (tertiary/aromatic N) is 1. The molecule has 3 rings (SSSR count). The highest BCUT2D eigenvalue weighted by Crippen LogP contribution is 2.26. The van der Waals surface area contributed by atoms with Gasteiger partial charge in [0.05, 0.1) is 12.7 Å². The number of amides is 2. The Bertz CT molecular complexity index is 576. The summed E-state index contributed by atoms with van der Waals surface area (Å²) in [4.78, 5) is 14.1. The van der Waals surface area contributed by atoms with Crippen molar-refractivity contribution in [1.82, 2.24) is 10.2 Å². The molecule has 0 spiro atoms. The van der Waals surface area contributed by atoms with Crippen molar-refractivity contribution in [2.45, 2.75) is 51.7 Å². The maximum absolute atomic E-state index is 12.3. The number of phenolic OH excluding ortho intramolecular Hbond substituents is 1. The molecule has 0 radical (unpaired) electrons. The lowest BCUT2D eigenvalue weighted by atomic mass is 9.88. The van der Waals surface area contributed by atoms with Crippen molar-refractivity contribution in [3.63, 3.8) is 0 Å². The molecule has 5 nitrogen and oxygen atoms in total. The summed E-state index contributed by atoms with van der Waals surface area (Å²) in [5.74, 6) is 0.881. The lowest BCUT2D eigenvalue weighted by molar-refractivity contribution is -0.00274. The third kappa shape index (κ3) is 4.20. The maximum atomic E-state index is 12.3. The van der Waals surface area contributed by atoms with Crippen molar-refractivity contribution in [3.05, 3.63) is 29.3 Å². The second-order valence-corrected chi connectivity index (χ2v) is 7.03. The Balaban J connectivity index is 1.41. The van der Waals surface area contributed by atoms with Gasteiger partial charge in [-0.3, -0.25) is 0 Å². The molecule has 0 aromatic heterocycles. The molecule has 5 heteroatoms. The molecule has 1 saturated carbocycles. The summed E-state index contributed by atoms with van der Waals surface area (Å²) in [5, 5.41) is 12.5. The van der Waals surface area contributed by atoms with Crippen LogP contribution in [0.2, 0.25) is 0 Å². The average molecular weight is 332 g/mol. The molecule has 24 heavy (non-hydrogen) atoms. The smallest absolute Gasteiger partial charge is 0.317 e. The Hall–Kier alpha value is -1.75. The first-order valence-corrected chi connectivity index (χ1v) is 9.08. The lowest BCUT2D eigenvalue weighted by Crippen LogP contribution is -2.44. The van der Waals surface area contributed by atoms with Gasteiger partial charge in [-0.25, -0.2) is 4.79 Å². The molecule has 132 valence electrons. The van der Waals surface area contributed by atoms with Gasteiger partial charge in [0.2, 0.25) is 0 Å². The molecule has 2 atom stereocenters. The fraction of sp³-hybridized carbons (Fsp3) is 0.632. The highest BCUT2D eigenvalue weighted by Gasteiger charge is 2.23. The van der Waals surface area contributed by atoms with Crippen LogP contribution in [0, 0.1) is 5.92 Å². The average Bonchev–Trinajstić information content (AvgIpc) is 2.59. The summed E-state index contributed by atoms with van der Waals surface area (Å²) in [7, 11) is 0. The molecule has 0 unspecified atom stereocenters. The van der Waals surface area contributed by atoms with Crippen LogP contribution >= 0.6 is 0 Å². The first-order chi connectivity index (χ1) is 11.6. The zero-order chi connectivity index (χ0) is 16.9. The van der Waals surface area contributed by atoms with Crippen molar-refractivity contribution in [2.75, 3.05) is 19.7 Å². The van der Waals surface area contributed by atoms with Crippen LogP contribution in [0.25, 0.3) is 0 Å². The van der Waals surface area contributed by atoms with E-state index in [1.807, 2.05) is 6.07 Å². The number of rotatable bonds is 4. The summed E-state index contributed by atoms with van der Waals surface area (Å²) in [6.07, 6.45) is 6.13. The van der Waals surface area contributed by atoms with Crippen molar-refractivity contribution < 1.29 is 14.6 Å². The molecule has 1 aromatic carbocycles. The highest BCUT2D eigenvalue weighted by molar-refractivity contribution is 5.74. The van der Waals surface area contributed by atoms with Gasteiger partial charge >= 0.3 is 6.03 Å². The standard InChI is InChI=1S/C19H28N2O3/c1-14-4-2-3-5-18(14)24-11-9-20-19(23)21-10-8-15-6-7-17(22)12-16(15)13-21/h6-7,12,14,18,22H,2-5,8-11,13H2,1H3,(H,20,23)/t14-,18-/m0/s1. The molecule has 1 aliphatic carbocycles. The first-order valence-electron chi connectivity index (χ1n) is 9.08. The minimum absolute atomic E-state index is 0.0516. The van der Waals surface area contributed by atoms with Crippen LogP contribution in [0.3, 0.4) is 0 Å². The predicted octanol–water partition coefficient (Wildman–Crippen LogP) is 3.06. The van der Waals surface area contributed by atoms with Gasteiger partial charge < -0.3 is 20.1 Å². The Labute approximate surface area is 144 Å². The minimum atomic E-state index is -0.0516. The van der Waals surface area contributed by atoms with Crippen molar-refractivity contribution in [2.24, 2.45) is 5.92 Å². The SMILES string of the molecule is C[C@H]1CCCC[C@@H]1OCCNC(=O)N1CCc2ccc(O)cc2C1. The normalized spacial score (nSPS) is 23.6. The monoisotopic (exact) mass is 332 g/mol. The Morgan fingerprint density at radius 2 is 2.17 bits per heavy atom. The minimum Gasteiger partial charge on any atom is -0.508 e. The number of hydrogen-bond donors (Lipinski definition) is 2. The van der Waals surface area contributed by atoms with E-state index in [2.05, 4.69) is 12.2 Å². The van der Waals surface area contributed by atoms with Crippen molar-refractivity contribution in [1.29, 1.82) is 0 Å². The quantitative estimate of drug-likeness (QED) is 0.833. The summed E-state index contributed by atoms with van der Waals surface area (Å²) < 4.78 is 5.94. The molecule has 2 aliphatic rings. The fourth-order valence-corrected chi connectivity index (χ4v) is 3.73. The second-order valence-electron chi connectivity index (χ2n) is 7.03. The summed E-state index contributed by atoms with van der Waals surface area (Å²) in [5.41, 5.74) is 2.25. The molecule has 1 aliphatic heterocycles. The number of phenols is 1. The van der Waals surface area contributed by atoms with Crippen molar-refractivity contribution >= 4 is 6.03 Å². The van der Waals surface area contributed by atoms with Gasteiger partial charge in [0.25, 0.3) is 0 Å². The number of benzene rings is 1. The number of nitrogens with one attached hydrogen (secondary N) is 1. The van der Waals surface area contributed by atoms with Gasteiger partial charge in [0.1, 0.15) is 5.75 Å². The van der Waals surface area contributed by atoms with E-state index in [-0.39, 0.29) is 11.8 Å². The van der Waals surface area contributed by atoms with E-state index in [0.717, 1.165) is 18.4 Å². The van der Waals surface area contributed by atoms with Gasteiger partial charge in [-0.1, -0.05) is 25.8 Å². The van der Waals surface area contributed by atoms with Crippen molar-refractivity contribution in [3.8, 4) is 5.75 Å². The summed E-state index contributed by atoms with van der Waals surface area (Å²) >= 11 is 0. The number of ether oxygens (including phenoxy) is 1. The van der Waals surface area contributed by atoms with E-state index in [1.54, 1.807) is 17.0 Å². The van der Waals surface area contributed by atoms with Crippen LogP contribution in [-0.4, -0.2) is 41.8 Å². The molecular weight excluding hydrogens is 304 g/mol. The maximum Gasteiger partial charge on any atom is 0.317 e. The molecule has 1 aromatic rings. The van der Waals surface area contributed by atoms with Gasteiger partial charge in [-0.2, -0.15) is 0 Å². The van der Waals surface area contributed by atoms with Gasteiger partial charge in [-0.05, 0) is 48.4 Å². The van der Waals surface area contributed by atoms with Gasteiger partial charge in [0.15, 0.2) is 0 Å². The zero-order valence-corrected chi connectivity index (χ0v) is 14.5. The zero-order valence-electron chi connectivity index (χ0n) is 14.5. The largest absolute Gasteiger partial charge is 0.508 e. The number of hydrogen-bond acceptors (Lipinski definition) is 3. The molecule has 2 N–H and O–H groups in total. The number of fused-ring (bicyclic) bond motifs is 1. The molecular formula is C19H28N2O3. The first kappa shape index (κ1) is 17.1. The lowest BCUT2D eigenvalue weighted by Gasteiger charge is -2.30. The molecule has 0 bridgehead atoms. The summed E-state index contributed by atoms with van der Waals surface area (Å²) in [6, 6.07) is 5.35. The van der Waals surface area contributed by atoms with Crippen LogP contribution in [0.4, 0.5) is 4.79 Å². The van der Waals surface area contributed by atoms with E-state index < -0.39 is 0 Å². The topological polar surface area (TPSA) is 61.8 Å². The molecule has 1 fully saturated rings. The number of aromatic hydroxyl groups is 1. The highest BCUT2D eigenvalue weighted by atomic mass is 16.5. The molecule has 1 heterocycles. The predicted molar refractivity (Wildman–Crippen MR) is 93.0 cm³/mol. The van der Waals surface area contributed by atoms with E-state index in [0.29, 0.717) is 38.3 Å². The third-order valence-corrected chi connectivity index (χ3v) is 5.23. The van der Waals surface area contributed by atoms with Gasteiger partial charge in [0, 0.05) is 19.6 Å². The third-order valence-electron chi connectivity index (χ3n) is 5.23. The Kier molecular flexibility index (Phi) is 5.61. The molecule has 2 amide bonds. The van der Waals surface area contributed by atoms with Crippen LogP contribution in [-0.2, 0) is 17.7 Å². The van der Waals surface area contributed by atoms with Gasteiger partial charge in [-0.15, -0.1) is 0 Å². The summed E-state index contributed by atoms with van der Waals surface area (Å²) in [6.45, 7) is 4.64. The van der Waals surface area contributed by atoms with E-state index in [4.69, 9.17) is 4.74 Å². The fourth-order valence-electron chi connectivity index (χ4n) is 3.73. The van der Waals surface area contributed by atoms with Crippen LogP contribution in [0.5, 0.6) is 5.75 Å². The van der Waals surface area contributed by atoms with E-state index >= 15 is 0 Å². The number of carbonyl (C=O) groups excluding carboxylic acids is 1. The Morgan fingerprint density at radius 3 is 3.00 bits per heavy atom. The van der Waals surface area contributed by atoms with Crippen LogP contribution in [0.1, 0.15) is 43.7 Å².